The zero-order valence-electron chi connectivity index (χ0n) is 16.8. The van der Waals surface area contributed by atoms with Crippen molar-refractivity contribution in [3.05, 3.63) is 11.6 Å². The summed E-state index contributed by atoms with van der Waals surface area (Å²) in [6.45, 7) is 8.33. The van der Waals surface area contributed by atoms with Gasteiger partial charge < -0.3 is 25.3 Å². The van der Waals surface area contributed by atoms with Crippen LogP contribution in [-0.2, 0) is 23.1 Å². The SMILES string of the molecule is CCOCCCNC(=NCc1nnc(C)n1C)N1CCCC(CC(N)=O)C1. The number of hydrogen-bond donors (Lipinski definition) is 2. The molecule has 1 amide bonds. The third kappa shape index (κ3) is 6.82. The van der Waals surface area contributed by atoms with E-state index in [-0.39, 0.29) is 11.8 Å². The van der Waals surface area contributed by atoms with Crippen molar-refractivity contribution in [3.63, 3.8) is 0 Å². The Hall–Kier alpha value is -2.16. The molecule has 0 aliphatic carbocycles. The largest absolute Gasteiger partial charge is 0.382 e. The summed E-state index contributed by atoms with van der Waals surface area (Å²) in [6, 6.07) is 0. The predicted molar refractivity (Wildman–Crippen MR) is 104 cm³/mol. The summed E-state index contributed by atoms with van der Waals surface area (Å²) >= 11 is 0. The van der Waals surface area contributed by atoms with Crippen LogP contribution < -0.4 is 11.1 Å². The van der Waals surface area contributed by atoms with Crippen molar-refractivity contribution in [2.45, 2.75) is 46.1 Å². The van der Waals surface area contributed by atoms with E-state index in [2.05, 4.69) is 20.4 Å². The Bertz CT molecular complexity index is 629. The molecule has 1 unspecified atom stereocenters. The number of carbonyl (C=O) groups is 1. The fraction of sp³-hybridized carbons (Fsp3) is 0.778. The Balaban J connectivity index is 2.02. The van der Waals surface area contributed by atoms with E-state index in [0.29, 0.717) is 13.0 Å². The van der Waals surface area contributed by atoms with Crippen LogP contribution in [0, 0.1) is 12.8 Å². The summed E-state index contributed by atoms with van der Waals surface area (Å²) in [5, 5.41) is 11.7. The minimum atomic E-state index is -0.237. The molecule has 2 rings (SSSR count). The van der Waals surface area contributed by atoms with E-state index in [1.54, 1.807) is 0 Å². The molecule has 0 radical (unpaired) electrons. The second-order valence-electron chi connectivity index (χ2n) is 6.96. The van der Waals surface area contributed by atoms with Gasteiger partial charge in [-0.2, -0.15) is 0 Å². The van der Waals surface area contributed by atoms with Crippen molar-refractivity contribution >= 4 is 11.9 Å². The van der Waals surface area contributed by atoms with Gasteiger partial charge in [-0.05, 0) is 39.0 Å². The molecule has 1 aromatic rings. The quantitative estimate of drug-likeness (QED) is 0.369. The maximum atomic E-state index is 11.3. The zero-order valence-corrected chi connectivity index (χ0v) is 16.8. The third-order valence-corrected chi connectivity index (χ3v) is 4.81. The molecule has 27 heavy (non-hydrogen) atoms. The molecule has 3 N–H and O–H groups in total. The van der Waals surface area contributed by atoms with E-state index in [9.17, 15) is 4.79 Å². The second-order valence-corrected chi connectivity index (χ2v) is 6.96. The first-order valence-corrected chi connectivity index (χ1v) is 9.75. The number of rotatable bonds is 9. The normalized spacial score (nSPS) is 18.0. The summed E-state index contributed by atoms with van der Waals surface area (Å²) in [6.07, 6.45) is 3.39. The van der Waals surface area contributed by atoms with Gasteiger partial charge in [-0.3, -0.25) is 4.79 Å². The molecule has 0 bridgehead atoms. The van der Waals surface area contributed by atoms with Crippen LogP contribution in [0.25, 0.3) is 0 Å². The summed E-state index contributed by atoms with van der Waals surface area (Å²) in [4.78, 5) is 18.3. The fourth-order valence-corrected chi connectivity index (χ4v) is 3.23. The van der Waals surface area contributed by atoms with Crippen LogP contribution in [0.3, 0.4) is 0 Å². The number of aryl methyl sites for hydroxylation is 1. The molecular weight excluding hydrogens is 346 g/mol. The van der Waals surface area contributed by atoms with E-state index in [1.165, 1.54) is 0 Å². The molecule has 2 heterocycles. The van der Waals surface area contributed by atoms with E-state index < -0.39 is 0 Å². The number of ether oxygens (including phenoxy) is 1. The number of nitrogens with two attached hydrogens (primary N) is 1. The molecule has 0 spiro atoms. The number of likely N-dealkylation sites (tertiary alicyclic amines) is 1. The number of amides is 1. The van der Waals surface area contributed by atoms with Gasteiger partial charge in [0.15, 0.2) is 11.8 Å². The van der Waals surface area contributed by atoms with E-state index in [0.717, 1.165) is 69.7 Å². The van der Waals surface area contributed by atoms with Gasteiger partial charge in [-0.15, -0.1) is 10.2 Å². The van der Waals surface area contributed by atoms with Crippen molar-refractivity contribution < 1.29 is 9.53 Å². The molecule has 1 aromatic heterocycles. The van der Waals surface area contributed by atoms with Crippen LogP contribution in [-0.4, -0.2) is 64.4 Å². The zero-order chi connectivity index (χ0) is 19.6. The van der Waals surface area contributed by atoms with E-state index in [4.69, 9.17) is 15.5 Å². The first-order chi connectivity index (χ1) is 13.0. The van der Waals surface area contributed by atoms with Gasteiger partial charge in [0.2, 0.25) is 5.91 Å². The monoisotopic (exact) mass is 379 g/mol. The van der Waals surface area contributed by atoms with Gasteiger partial charge in [0.25, 0.3) is 0 Å². The standard InChI is InChI=1S/C18H33N7O2/c1-4-27-10-6-8-20-18(21-12-17-23-22-14(2)24(17)3)25-9-5-7-15(13-25)11-16(19)26/h15H,4-13H2,1-3H3,(H2,19,26)(H,20,21). The molecule has 9 heteroatoms. The summed E-state index contributed by atoms with van der Waals surface area (Å²) in [5.74, 6) is 2.59. The molecule has 9 nitrogen and oxygen atoms in total. The van der Waals surface area contributed by atoms with Gasteiger partial charge >= 0.3 is 0 Å². The van der Waals surface area contributed by atoms with Crippen molar-refractivity contribution in [3.8, 4) is 0 Å². The number of hydrogen-bond acceptors (Lipinski definition) is 5. The summed E-state index contributed by atoms with van der Waals surface area (Å²) < 4.78 is 7.35. The lowest BCUT2D eigenvalue weighted by Gasteiger charge is -2.34. The summed E-state index contributed by atoms with van der Waals surface area (Å²) in [5.41, 5.74) is 5.39. The minimum Gasteiger partial charge on any atom is -0.382 e. The average Bonchev–Trinajstić information content (AvgIpc) is 2.95. The lowest BCUT2D eigenvalue weighted by atomic mass is 9.95. The van der Waals surface area contributed by atoms with Gasteiger partial charge in [0.05, 0.1) is 0 Å². The van der Waals surface area contributed by atoms with E-state index >= 15 is 0 Å². The lowest BCUT2D eigenvalue weighted by molar-refractivity contribution is -0.119. The topological polar surface area (TPSA) is 111 Å². The molecule has 1 atom stereocenters. The third-order valence-electron chi connectivity index (χ3n) is 4.81. The highest BCUT2D eigenvalue weighted by Crippen LogP contribution is 2.19. The van der Waals surface area contributed by atoms with Gasteiger partial charge in [0, 0.05) is 46.3 Å². The molecule has 0 saturated carbocycles. The van der Waals surface area contributed by atoms with Crippen molar-refractivity contribution in [1.29, 1.82) is 0 Å². The molecule has 1 aliphatic rings. The number of aliphatic imine (C=N–C) groups is 1. The summed E-state index contributed by atoms with van der Waals surface area (Å²) in [7, 11) is 1.94. The number of nitrogens with zero attached hydrogens (tertiary/aromatic N) is 5. The Morgan fingerprint density at radius 2 is 2.26 bits per heavy atom. The number of nitrogens with one attached hydrogen (secondary N) is 1. The van der Waals surface area contributed by atoms with Crippen LogP contribution >= 0.6 is 0 Å². The fourth-order valence-electron chi connectivity index (χ4n) is 3.23. The van der Waals surface area contributed by atoms with Gasteiger partial charge in [-0.1, -0.05) is 0 Å². The first-order valence-electron chi connectivity index (χ1n) is 9.75. The number of carbonyl (C=O) groups excluding carboxylic acids is 1. The van der Waals surface area contributed by atoms with Crippen LogP contribution in [0.5, 0.6) is 0 Å². The Morgan fingerprint density at radius 3 is 2.93 bits per heavy atom. The van der Waals surface area contributed by atoms with Crippen molar-refractivity contribution in [1.82, 2.24) is 25.0 Å². The van der Waals surface area contributed by atoms with Crippen LogP contribution in [0.4, 0.5) is 0 Å². The molecule has 1 saturated heterocycles. The molecule has 1 fully saturated rings. The van der Waals surface area contributed by atoms with Crippen LogP contribution in [0.1, 0.15) is 44.3 Å². The maximum absolute atomic E-state index is 11.3. The molecule has 0 aromatic carbocycles. The Kier molecular flexibility index (Phi) is 8.50. The van der Waals surface area contributed by atoms with Gasteiger partial charge in [0.1, 0.15) is 12.4 Å². The highest BCUT2D eigenvalue weighted by atomic mass is 16.5. The smallest absolute Gasteiger partial charge is 0.217 e. The predicted octanol–water partition coefficient (Wildman–Crippen LogP) is 0.583. The minimum absolute atomic E-state index is 0.237. The van der Waals surface area contributed by atoms with Crippen LogP contribution in [0.2, 0.25) is 0 Å². The van der Waals surface area contributed by atoms with Crippen LogP contribution in [0.15, 0.2) is 4.99 Å². The number of aromatic nitrogens is 3. The average molecular weight is 380 g/mol. The van der Waals surface area contributed by atoms with Crippen molar-refractivity contribution in [2.24, 2.45) is 23.7 Å². The highest BCUT2D eigenvalue weighted by molar-refractivity contribution is 5.80. The lowest BCUT2D eigenvalue weighted by Crippen LogP contribution is -2.47. The molecule has 152 valence electrons. The van der Waals surface area contributed by atoms with E-state index in [1.807, 2.05) is 25.5 Å². The second kappa shape index (κ2) is 10.9. The van der Waals surface area contributed by atoms with Crippen molar-refractivity contribution in [2.75, 3.05) is 32.8 Å². The number of piperidine rings is 1. The van der Waals surface area contributed by atoms with Gasteiger partial charge in [-0.25, -0.2) is 4.99 Å². The number of guanidine groups is 1. The Morgan fingerprint density at radius 1 is 1.44 bits per heavy atom. The highest BCUT2D eigenvalue weighted by Gasteiger charge is 2.23. The Labute approximate surface area is 161 Å². The first kappa shape index (κ1) is 21.1. The number of primary amides is 1. The maximum Gasteiger partial charge on any atom is 0.217 e. The molecular formula is C18H33N7O2. The molecule has 1 aliphatic heterocycles.